The van der Waals surface area contributed by atoms with E-state index in [1.54, 1.807) is 18.2 Å². The number of imidazole rings is 1. The molecule has 146 valence electrons. The van der Waals surface area contributed by atoms with Crippen LogP contribution in [0.4, 0.5) is 0 Å². The normalized spacial score (nSPS) is 26.5. The fourth-order valence-corrected chi connectivity index (χ4v) is 3.51. The summed E-state index contributed by atoms with van der Waals surface area (Å²) in [5.74, 6) is 0.793. The number of aromatic nitrogens is 3. The number of aliphatic hydroxyl groups excluding tert-OH is 1. The zero-order valence-electron chi connectivity index (χ0n) is 14.4. The Kier molecular flexibility index (Phi) is 4.24. The molecule has 0 bridgehead atoms. The number of phenolic OH excluding ortho intramolecular Hbond substituents is 1. The van der Waals surface area contributed by atoms with E-state index in [9.17, 15) is 10.2 Å². The Morgan fingerprint density at radius 3 is 2.71 bits per heavy atom. The number of nitrogens with one attached hydrogen (secondary N) is 1. The average Bonchev–Trinajstić information content (AvgIpc) is 3.35. The van der Waals surface area contributed by atoms with Gasteiger partial charge < -0.3 is 34.1 Å². The number of aromatic hydroxyl groups is 1. The number of rotatable bonds is 4. The van der Waals surface area contributed by atoms with Crippen molar-refractivity contribution in [2.24, 2.45) is 0 Å². The third kappa shape index (κ3) is 3.12. The number of hydrogen-bond acceptors (Lipinski definition) is 8. The molecule has 0 spiro atoms. The van der Waals surface area contributed by atoms with Crippen molar-refractivity contribution in [1.29, 1.82) is 0 Å². The van der Waals surface area contributed by atoms with Crippen LogP contribution >= 0.6 is 11.6 Å². The highest BCUT2D eigenvalue weighted by atomic mass is 35.5. The SMILES string of the molecule is Oc1ccc(Oc2nc3nc(O[C@@H]4CO[C@H]5[C@@H]4OC[C@H]5O)[nH]c3cc2Cl)cc1. The quantitative estimate of drug-likeness (QED) is 0.603. The highest BCUT2D eigenvalue weighted by Crippen LogP contribution is 2.33. The van der Waals surface area contributed by atoms with Crippen LogP contribution < -0.4 is 9.47 Å². The molecule has 2 aliphatic rings. The van der Waals surface area contributed by atoms with Crippen LogP contribution in [0.5, 0.6) is 23.4 Å². The smallest absolute Gasteiger partial charge is 0.296 e. The van der Waals surface area contributed by atoms with Crippen LogP contribution in [0.25, 0.3) is 11.2 Å². The molecule has 28 heavy (non-hydrogen) atoms. The van der Waals surface area contributed by atoms with Gasteiger partial charge in [0.1, 0.15) is 34.8 Å². The molecule has 1 aromatic carbocycles. The molecule has 2 aliphatic heterocycles. The number of halogens is 1. The zero-order valence-corrected chi connectivity index (χ0v) is 15.2. The van der Waals surface area contributed by atoms with Crippen LogP contribution in [0.15, 0.2) is 30.3 Å². The summed E-state index contributed by atoms with van der Waals surface area (Å²) in [5.41, 5.74) is 0.955. The Balaban J connectivity index is 1.36. The molecule has 5 rings (SSSR count). The number of aromatic amines is 1. The molecule has 0 saturated carbocycles. The number of pyridine rings is 1. The average molecular weight is 406 g/mol. The molecule has 9 nitrogen and oxygen atoms in total. The van der Waals surface area contributed by atoms with E-state index in [2.05, 4.69) is 15.0 Å². The minimum absolute atomic E-state index is 0.132. The van der Waals surface area contributed by atoms with Gasteiger partial charge in [-0.05, 0) is 30.3 Å². The lowest BCUT2D eigenvalue weighted by Gasteiger charge is -2.15. The standard InChI is InChI=1S/C18H16ClN3O6/c19-10-5-11-16(21-17(10)27-9-3-1-8(23)2-4-9)22-18(20-11)28-13-7-26-14-12(24)6-25-15(13)14/h1-5,12-15,23-24H,6-7H2,(H,20,21,22)/t12-,13-,14-,15-/m1/s1. The molecule has 4 atom stereocenters. The number of hydrogen-bond donors (Lipinski definition) is 3. The van der Waals surface area contributed by atoms with Gasteiger partial charge in [0, 0.05) is 0 Å². The molecule has 0 radical (unpaired) electrons. The highest BCUT2D eigenvalue weighted by Gasteiger charge is 2.48. The Morgan fingerprint density at radius 1 is 1.11 bits per heavy atom. The van der Waals surface area contributed by atoms with Gasteiger partial charge in [-0.25, -0.2) is 0 Å². The number of fused-ring (bicyclic) bond motifs is 2. The summed E-state index contributed by atoms with van der Waals surface area (Å²) >= 11 is 6.26. The second kappa shape index (κ2) is 6.78. The van der Waals surface area contributed by atoms with Crippen molar-refractivity contribution in [2.75, 3.05) is 13.2 Å². The predicted molar refractivity (Wildman–Crippen MR) is 97.0 cm³/mol. The van der Waals surface area contributed by atoms with Gasteiger partial charge in [0.25, 0.3) is 6.01 Å². The summed E-state index contributed by atoms with van der Waals surface area (Å²) in [7, 11) is 0. The first-order chi connectivity index (χ1) is 13.6. The van der Waals surface area contributed by atoms with Crippen molar-refractivity contribution >= 4 is 22.8 Å². The number of benzene rings is 1. The topological polar surface area (TPSA) is 119 Å². The molecule has 3 aromatic rings. The number of ether oxygens (including phenoxy) is 4. The number of aliphatic hydroxyl groups is 1. The van der Waals surface area contributed by atoms with E-state index in [0.29, 0.717) is 28.5 Å². The van der Waals surface area contributed by atoms with E-state index in [1.807, 2.05) is 0 Å². The number of phenols is 1. The molecule has 0 unspecified atom stereocenters. The minimum Gasteiger partial charge on any atom is -0.508 e. The highest BCUT2D eigenvalue weighted by molar-refractivity contribution is 6.32. The van der Waals surface area contributed by atoms with E-state index in [-0.39, 0.29) is 42.6 Å². The van der Waals surface area contributed by atoms with Crippen LogP contribution in [0, 0.1) is 0 Å². The molecular weight excluding hydrogens is 390 g/mol. The van der Waals surface area contributed by atoms with E-state index in [4.69, 9.17) is 30.5 Å². The van der Waals surface area contributed by atoms with Crippen LogP contribution in [0.3, 0.4) is 0 Å². The fraction of sp³-hybridized carbons (Fsp3) is 0.333. The Labute approximate surface area is 163 Å². The summed E-state index contributed by atoms with van der Waals surface area (Å²) in [6, 6.07) is 8.09. The van der Waals surface area contributed by atoms with Gasteiger partial charge in [-0.15, -0.1) is 0 Å². The predicted octanol–water partition coefficient (Wildman–Crippen LogP) is 2.02. The Hall–Kier alpha value is -2.59. The molecule has 0 amide bonds. The fourth-order valence-electron chi connectivity index (χ4n) is 3.32. The van der Waals surface area contributed by atoms with E-state index >= 15 is 0 Å². The second-order valence-corrected chi connectivity index (χ2v) is 7.01. The maximum absolute atomic E-state index is 9.81. The second-order valence-electron chi connectivity index (χ2n) is 6.60. The third-order valence-electron chi connectivity index (χ3n) is 4.67. The van der Waals surface area contributed by atoms with E-state index in [0.717, 1.165) is 0 Å². The lowest BCUT2D eigenvalue weighted by atomic mass is 10.1. The van der Waals surface area contributed by atoms with Crippen molar-refractivity contribution in [1.82, 2.24) is 15.0 Å². The van der Waals surface area contributed by atoms with Crippen molar-refractivity contribution in [3.63, 3.8) is 0 Å². The summed E-state index contributed by atoms with van der Waals surface area (Å²) in [6.07, 6.45) is -1.75. The van der Waals surface area contributed by atoms with Crippen LogP contribution in [-0.4, -0.2) is 62.8 Å². The molecule has 2 saturated heterocycles. The monoisotopic (exact) mass is 405 g/mol. The maximum atomic E-state index is 9.81. The van der Waals surface area contributed by atoms with Gasteiger partial charge in [-0.3, -0.25) is 0 Å². The molecule has 2 fully saturated rings. The van der Waals surface area contributed by atoms with Gasteiger partial charge in [0.2, 0.25) is 5.88 Å². The van der Waals surface area contributed by atoms with Crippen LogP contribution in [0.1, 0.15) is 0 Å². The lowest BCUT2D eigenvalue weighted by Crippen LogP contribution is -2.34. The number of nitrogens with zero attached hydrogens (tertiary/aromatic N) is 2. The first-order valence-corrected chi connectivity index (χ1v) is 9.06. The number of H-pyrrole nitrogens is 1. The van der Waals surface area contributed by atoms with Crippen molar-refractivity contribution in [2.45, 2.75) is 24.4 Å². The summed E-state index contributed by atoms with van der Waals surface area (Å²) in [6.45, 7) is 0.525. The first-order valence-electron chi connectivity index (χ1n) is 8.68. The van der Waals surface area contributed by atoms with E-state index < -0.39 is 6.10 Å². The summed E-state index contributed by atoms with van der Waals surface area (Å²) < 4.78 is 22.6. The molecule has 0 aliphatic carbocycles. The largest absolute Gasteiger partial charge is 0.508 e. The van der Waals surface area contributed by atoms with Crippen molar-refractivity contribution < 1.29 is 29.2 Å². The van der Waals surface area contributed by atoms with Gasteiger partial charge in [-0.1, -0.05) is 11.6 Å². The Bertz CT molecular complexity index is 1010. The molecule has 4 heterocycles. The molecular formula is C18H16ClN3O6. The van der Waals surface area contributed by atoms with Gasteiger partial charge >= 0.3 is 0 Å². The van der Waals surface area contributed by atoms with Gasteiger partial charge in [-0.2, -0.15) is 9.97 Å². The third-order valence-corrected chi connectivity index (χ3v) is 4.94. The summed E-state index contributed by atoms with van der Waals surface area (Å²) in [4.78, 5) is 11.7. The van der Waals surface area contributed by atoms with E-state index in [1.165, 1.54) is 12.1 Å². The molecule has 10 heteroatoms. The van der Waals surface area contributed by atoms with Gasteiger partial charge in [0.15, 0.2) is 11.8 Å². The first kappa shape index (κ1) is 17.5. The maximum Gasteiger partial charge on any atom is 0.296 e. The van der Waals surface area contributed by atoms with Crippen molar-refractivity contribution in [3.8, 4) is 23.4 Å². The minimum atomic E-state index is -0.644. The molecule has 2 aromatic heterocycles. The Morgan fingerprint density at radius 2 is 1.89 bits per heavy atom. The molecule has 3 N–H and O–H groups in total. The van der Waals surface area contributed by atoms with Gasteiger partial charge in [0.05, 0.1) is 18.7 Å². The lowest BCUT2D eigenvalue weighted by molar-refractivity contribution is 0.00706. The van der Waals surface area contributed by atoms with Crippen molar-refractivity contribution in [3.05, 3.63) is 35.4 Å². The van der Waals surface area contributed by atoms with Crippen LogP contribution in [0.2, 0.25) is 5.02 Å². The zero-order chi connectivity index (χ0) is 19.3. The summed E-state index contributed by atoms with van der Waals surface area (Å²) in [5, 5.41) is 19.5. The van der Waals surface area contributed by atoms with Crippen LogP contribution in [-0.2, 0) is 9.47 Å².